The zero-order valence-electron chi connectivity index (χ0n) is 9.43. The summed E-state index contributed by atoms with van der Waals surface area (Å²) in [4.78, 5) is 3.68. The third-order valence-corrected chi connectivity index (χ3v) is 3.11. The van der Waals surface area contributed by atoms with Crippen LogP contribution < -0.4 is 5.32 Å². The van der Waals surface area contributed by atoms with Gasteiger partial charge in [-0.1, -0.05) is 0 Å². The molecule has 1 fully saturated rings. The molecule has 2 rings (SSSR count). The van der Waals surface area contributed by atoms with E-state index in [4.69, 9.17) is 0 Å². The highest BCUT2D eigenvalue weighted by Gasteiger charge is 2.31. The fraction of sp³-hybridized carbons (Fsp3) is 0.583. The highest BCUT2D eigenvalue weighted by Crippen LogP contribution is 2.29. The van der Waals surface area contributed by atoms with E-state index in [0.29, 0.717) is 17.9 Å². The quantitative estimate of drug-likeness (QED) is 0.865. The summed E-state index contributed by atoms with van der Waals surface area (Å²) in [6.07, 6.45) is 0.866. The van der Waals surface area contributed by atoms with Gasteiger partial charge < -0.3 is 5.32 Å². The second kappa shape index (κ2) is 5.04. The topological polar surface area (TPSA) is 24.9 Å². The second-order valence-corrected chi connectivity index (χ2v) is 4.48. The molecule has 2 nitrogen and oxygen atoms in total. The molecular formula is C12H15F3N2. The largest absolute Gasteiger partial charge is 0.417 e. The van der Waals surface area contributed by atoms with Gasteiger partial charge in [-0.05, 0) is 49.9 Å². The minimum Gasteiger partial charge on any atom is -0.317 e. The molecule has 0 atom stereocenters. The van der Waals surface area contributed by atoms with E-state index in [-0.39, 0.29) is 0 Å². The van der Waals surface area contributed by atoms with E-state index < -0.39 is 11.7 Å². The lowest BCUT2D eigenvalue weighted by molar-refractivity contribution is -0.137. The van der Waals surface area contributed by atoms with Crippen LogP contribution in [-0.4, -0.2) is 18.1 Å². The Morgan fingerprint density at radius 2 is 1.94 bits per heavy atom. The summed E-state index contributed by atoms with van der Waals surface area (Å²) >= 11 is 0. The van der Waals surface area contributed by atoms with E-state index in [1.54, 1.807) is 0 Å². The molecule has 0 aliphatic carbocycles. The Morgan fingerprint density at radius 1 is 1.24 bits per heavy atom. The molecule has 0 bridgehead atoms. The van der Waals surface area contributed by atoms with Gasteiger partial charge in [-0.15, -0.1) is 0 Å². The molecule has 5 heteroatoms. The highest BCUT2D eigenvalue weighted by molar-refractivity contribution is 5.21. The first-order valence-electron chi connectivity index (χ1n) is 5.77. The number of hydrogen-bond donors (Lipinski definition) is 1. The highest BCUT2D eigenvalue weighted by atomic mass is 19.4. The van der Waals surface area contributed by atoms with Gasteiger partial charge in [0.15, 0.2) is 0 Å². The number of nitrogens with zero attached hydrogens (tertiary/aromatic N) is 1. The number of nitrogens with one attached hydrogen (secondary N) is 1. The fourth-order valence-electron chi connectivity index (χ4n) is 2.17. The lowest BCUT2D eigenvalue weighted by atomic mass is 9.91. The van der Waals surface area contributed by atoms with E-state index in [9.17, 15) is 13.2 Å². The molecule has 17 heavy (non-hydrogen) atoms. The van der Waals surface area contributed by atoms with Gasteiger partial charge in [0, 0.05) is 12.4 Å². The van der Waals surface area contributed by atoms with Crippen LogP contribution in [-0.2, 0) is 12.6 Å². The lowest BCUT2D eigenvalue weighted by Gasteiger charge is -2.22. The zero-order chi connectivity index (χ0) is 12.3. The maximum Gasteiger partial charge on any atom is 0.417 e. The summed E-state index contributed by atoms with van der Waals surface area (Å²) in [6, 6.07) is 1.22. The van der Waals surface area contributed by atoms with E-state index >= 15 is 0 Å². The predicted octanol–water partition coefficient (Wildman–Crippen LogP) is 2.64. The van der Waals surface area contributed by atoms with Crippen LogP contribution in [0.25, 0.3) is 0 Å². The molecule has 1 saturated heterocycles. The monoisotopic (exact) mass is 244 g/mol. The van der Waals surface area contributed by atoms with Gasteiger partial charge in [0.2, 0.25) is 0 Å². The maximum atomic E-state index is 12.5. The lowest BCUT2D eigenvalue weighted by Crippen LogP contribution is -2.28. The van der Waals surface area contributed by atoms with Crippen molar-refractivity contribution in [3.05, 3.63) is 29.6 Å². The van der Waals surface area contributed by atoms with Crippen molar-refractivity contribution in [2.24, 2.45) is 5.92 Å². The molecule has 1 aromatic heterocycles. The number of rotatable bonds is 2. The number of alkyl halides is 3. The number of hydrogen-bond acceptors (Lipinski definition) is 2. The SMILES string of the molecule is FC(F)(F)c1cncc(CC2CCNCC2)c1. The van der Waals surface area contributed by atoms with Crippen molar-refractivity contribution in [3.8, 4) is 0 Å². The Morgan fingerprint density at radius 3 is 2.59 bits per heavy atom. The summed E-state index contributed by atoms with van der Waals surface area (Å²) < 4.78 is 37.5. The van der Waals surface area contributed by atoms with Crippen LogP contribution in [0.5, 0.6) is 0 Å². The van der Waals surface area contributed by atoms with Gasteiger partial charge in [-0.3, -0.25) is 4.98 Å². The van der Waals surface area contributed by atoms with Crippen LogP contribution >= 0.6 is 0 Å². The number of piperidine rings is 1. The normalized spacial score (nSPS) is 18.3. The predicted molar refractivity (Wildman–Crippen MR) is 58.5 cm³/mol. The van der Waals surface area contributed by atoms with Crippen molar-refractivity contribution >= 4 is 0 Å². The van der Waals surface area contributed by atoms with Crippen LogP contribution in [0.1, 0.15) is 24.0 Å². The molecule has 0 unspecified atom stereocenters. The molecule has 0 amide bonds. The number of halogens is 3. The van der Waals surface area contributed by atoms with Crippen LogP contribution in [0.15, 0.2) is 18.5 Å². The summed E-state index contributed by atoms with van der Waals surface area (Å²) in [5.41, 5.74) is 0.0376. The van der Waals surface area contributed by atoms with Crippen molar-refractivity contribution in [2.75, 3.05) is 13.1 Å². The number of pyridine rings is 1. The molecule has 94 valence electrons. The van der Waals surface area contributed by atoms with Crippen LogP contribution in [0.3, 0.4) is 0 Å². The van der Waals surface area contributed by atoms with Crippen molar-refractivity contribution in [1.82, 2.24) is 10.3 Å². The van der Waals surface area contributed by atoms with E-state index in [1.165, 1.54) is 12.3 Å². The van der Waals surface area contributed by atoms with Gasteiger partial charge >= 0.3 is 6.18 Å². The van der Waals surface area contributed by atoms with Gasteiger partial charge in [0.1, 0.15) is 0 Å². The standard InChI is InChI=1S/C12H15F3N2/c13-12(14,15)11-6-10(7-17-8-11)5-9-1-3-16-4-2-9/h6-9,16H,1-5H2. The molecule has 1 aliphatic rings. The second-order valence-electron chi connectivity index (χ2n) is 4.48. The Balaban J connectivity index is 2.05. The van der Waals surface area contributed by atoms with Gasteiger partial charge in [-0.25, -0.2) is 0 Å². The Labute approximate surface area is 98.2 Å². The molecule has 0 aromatic carbocycles. The maximum absolute atomic E-state index is 12.5. The molecule has 0 saturated carbocycles. The fourth-order valence-corrected chi connectivity index (χ4v) is 2.17. The van der Waals surface area contributed by atoms with Crippen molar-refractivity contribution in [2.45, 2.75) is 25.4 Å². The molecule has 2 heterocycles. The average Bonchev–Trinajstić information content (AvgIpc) is 2.29. The molecule has 1 aliphatic heterocycles. The first kappa shape index (κ1) is 12.4. The molecule has 0 spiro atoms. The van der Waals surface area contributed by atoms with Gasteiger partial charge in [0.25, 0.3) is 0 Å². The van der Waals surface area contributed by atoms with Gasteiger partial charge in [-0.2, -0.15) is 13.2 Å². The summed E-state index contributed by atoms with van der Waals surface area (Å²) in [5.74, 6) is 0.474. The summed E-state index contributed by atoms with van der Waals surface area (Å²) in [5, 5.41) is 3.24. The summed E-state index contributed by atoms with van der Waals surface area (Å²) in [6.45, 7) is 1.91. The minimum absolute atomic E-state index is 0.474. The van der Waals surface area contributed by atoms with E-state index in [0.717, 1.165) is 32.1 Å². The van der Waals surface area contributed by atoms with Crippen molar-refractivity contribution in [3.63, 3.8) is 0 Å². The van der Waals surface area contributed by atoms with Gasteiger partial charge in [0.05, 0.1) is 5.56 Å². The van der Waals surface area contributed by atoms with Crippen molar-refractivity contribution < 1.29 is 13.2 Å². The van der Waals surface area contributed by atoms with E-state index in [2.05, 4.69) is 10.3 Å². The zero-order valence-corrected chi connectivity index (χ0v) is 9.43. The van der Waals surface area contributed by atoms with Crippen LogP contribution in [0.4, 0.5) is 13.2 Å². The Bertz CT molecular complexity index is 370. The Kier molecular flexibility index (Phi) is 3.66. The molecule has 0 radical (unpaired) electrons. The minimum atomic E-state index is -4.29. The van der Waals surface area contributed by atoms with Crippen molar-refractivity contribution in [1.29, 1.82) is 0 Å². The first-order chi connectivity index (χ1) is 8.05. The van der Waals surface area contributed by atoms with Crippen LogP contribution in [0, 0.1) is 5.92 Å². The third kappa shape index (κ3) is 3.43. The Hall–Kier alpha value is -1.10. The summed E-state index contributed by atoms with van der Waals surface area (Å²) in [7, 11) is 0. The molecule has 1 aromatic rings. The molecule has 1 N–H and O–H groups in total. The van der Waals surface area contributed by atoms with Crippen LogP contribution in [0.2, 0.25) is 0 Å². The first-order valence-corrected chi connectivity index (χ1v) is 5.77. The average molecular weight is 244 g/mol. The number of aromatic nitrogens is 1. The smallest absolute Gasteiger partial charge is 0.317 e. The molecular weight excluding hydrogens is 229 g/mol. The third-order valence-electron chi connectivity index (χ3n) is 3.11. The van der Waals surface area contributed by atoms with E-state index in [1.807, 2.05) is 0 Å².